The highest BCUT2D eigenvalue weighted by Crippen LogP contribution is 2.52. The number of methoxy groups -OCH3 is 1. The van der Waals surface area contributed by atoms with Gasteiger partial charge in [-0.25, -0.2) is 8.42 Å². The van der Waals surface area contributed by atoms with Crippen LogP contribution in [0.3, 0.4) is 0 Å². The lowest BCUT2D eigenvalue weighted by molar-refractivity contribution is 0.358. The number of aromatic hydroxyl groups is 1. The van der Waals surface area contributed by atoms with E-state index in [1.165, 1.54) is 11.4 Å². The second-order valence-corrected chi connectivity index (χ2v) is 10.4. The maximum absolute atomic E-state index is 13.4. The molecule has 1 aliphatic heterocycles. The summed E-state index contributed by atoms with van der Waals surface area (Å²) in [4.78, 5) is 0.260. The number of ether oxygens (including phenoxy) is 1. The molecule has 7 heteroatoms. The van der Waals surface area contributed by atoms with E-state index in [0.29, 0.717) is 11.4 Å². The summed E-state index contributed by atoms with van der Waals surface area (Å²) in [7, 11) is -0.601. The lowest BCUT2D eigenvalue weighted by Crippen LogP contribution is -2.30. The summed E-state index contributed by atoms with van der Waals surface area (Å²) in [6, 6.07) is 19.7. The highest BCUT2D eigenvalue weighted by molar-refractivity contribution is 7.92. The van der Waals surface area contributed by atoms with Crippen molar-refractivity contribution in [3.63, 3.8) is 0 Å². The second-order valence-electron chi connectivity index (χ2n) is 8.43. The van der Waals surface area contributed by atoms with Crippen molar-refractivity contribution in [2.45, 2.75) is 23.3 Å². The van der Waals surface area contributed by atoms with Gasteiger partial charge in [0, 0.05) is 24.2 Å². The van der Waals surface area contributed by atoms with Crippen molar-refractivity contribution in [3.05, 3.63) is 90.0 Å². The van der Waals surface area contributed by atoms with Crippen molar-refractivity contribution in [1.82, 2.24) is 0 Å². The molecule has 3 atom stereocenters. The minimum Gasteiger partial charge on any atom is -0.504 e. The number of allylic oxidation sites excluding steroid dienone is 2. The molecular formula is C26H26N2O4S. The normalized spacial score (nSPS) is 21.1. The van der Waals surface area contributed by atoms with E-state index in [-0.39, 0.29) is 28.5 Å². The first-order valence-electron chi connectivity index (χ1n) is 10.9. The van der Waals surface area contributed by atoms with Crippen LogP contribution in [0.2, 0.25) is 0 Å². The van der Waals surface area contributed by atoms with Crippen molar-refractivity contribution < 1.29 is 18.3 Å². The Morgan fingerprint density at radius 3 is 2.58 bits per heavy atom. The number of phenols is 1. The Kier molecular flexibility index (Phi) is 5.29. The third kappa shape index (κ3) is 3.53. The molecule has 0 aromatic heterocycles. The molecule has 0 radical (unpaired) electrons. The molecule has 0 fully saturated rings. The highest BCUT2D eigenvalue weighted by Gasteiger charge is 2.40. The molecule has 2 N–H and O–H groups in total. The van der Waals surface area contributed by atoms with Crippen LogP contribution in [0.25, 0.3) is 0 Å². The number of hydrogen-bond donors (Lipinski definition) is 2. The Hall–Kier alpha value is -3.45. The van der Waals surface area contributed by atoms with E-state index >= 15 is 0 Å². The zero-order chi connectivity index (χ0) is 23.2. The molecule has 3 unspecified atom stereocenters. The molecule has 33 heavy (non-hydrogen) atoms. The number of fused-ring (bicyclic) bond motifs is 3. The van der Waals surface area contributed by atoms with Crippen LogP contribution in [0.4, 0.5) is 11.4 Å². The maximum atomic E-state index is 13.4. The van der Waals surface area contributed by atoms with Gasteiger partial charge in [0.25, 0.3) is 10.0 Å². The molecule has 2 aliphatic rings. The van der Waals surface area contributed by atoms with Crippen molar-refractivity contribution in [2.75, 3.05) is 23.8 Å². The first kappa shape index (κ1) is 21.4. The SMILES string of the molecule is COc1cccc(C2Nc3ccc(S(=O)(=O)N(C)c4ccccc4)cc3C3C=CCC32)c1O. The Morgan fingerprint density at radius 2 is 1.82 bits per heavy atom. The number of nitrogens with one attached hydrogen (secondary N) is 1. The van der Waals surface area contributed by atoms with Crippen LogP contribution in [0.5, 0.6) is 11.5 Å². The molecule has 5 rings (SSSR count). The summed E-state index contributed by atoms with van der Waals surface area (Å²) in [6.45, 7) is 0. The average Bonchev–Trinajstić information content (AvgIpc) is 3.34. The molecule has 170 valence electrons. The fourth-order valence-electron chi connectivity index (χ4n) is 4.93. The van der Waals surface area contributed by atoms with Crippen molar-refractivity contribution >= 4 is 21.4 Å². The lowest BCUT2D eigenvalue weighted by Gasteiger charge is -2.38. The van der Waals surface area contributed by atoms with Crippen LogP contribution < -0.4 is 14.4 Å². The number of sulfonamides is 1. The van der Waals surface area contributed by atoms with E-state index in [0.717, 1.165) is 23.2 Å². The van der Waals surface area contributed by atoms with Crippen LogP contribution in [0.1, 0.15) is 29.5 Å². The Morgan fingerprint density at radius 1 is 1.03 bits per heavy atom. The second kappa shape index (κ2) is 8.15. The number of para-hydroxylation sites is 2. The zero-order valence-corrected chi connectivity index (χ0v) is 19.3. The van der Waals surface area contributed by atoms with E-state index in [9.17, 15) is 13.5 Å². The molecule has 0 spiro atoms. The van der Waals surface area contributed by atoms with Crippen molar-refractivity contribution in [1.29, 1.82) is 0 Å². The van der Waals surface area contributed by atoms with Gasteiger partial charge in [0.15, 0.2) is 11.5 Å². The first-order valence-corrected chi connectivity index (χ1v) is 12.3. The maximum Gasteiger partial charge on any atom is 0.264 e. The van der Waals surface area contributed by atoms with Gasteiger partial charge in [-0.3, -0.25) is 4.31 Å². The molecular weight excluding hydrogens is 436 g/mol. The van der Waals surface area contributed by atoms with E-state index < -0.39 is 10.0 Å². The number of anilines is 2. The molecule has 0 saturated carbocycles. The van der Waals surface area contributed by atoms with Gasteiger partial charge in [0.1, 0.15) is 0 Å². The molecule has 0 bridgehead atoms. The first-order chi connectivity index (χ1) is 15.9. The molecule has 0 saturated heterocycles. The van der Waals surface area contributed by atoms with E-state index in [2.05, 4.69) is 17.5 Å². The van der Waals surface area contributed by atoms with Crippen molar-refractivity contribution in [2.24, 2.45) is 5.92 Å². The molecule has 3 aromatic rings. The quantitative estimate of drug-likeness (QED) is 0.519. The van der Waals surface area contributed by atoms with Gasteiger partial charge >= 0.3 is 0 Å². The Labute approximate surface area is 194 Å². The van der Waals surface area contributed by atoms with Gasteiger partial charge < -0.3 is 15.2 Å². The van der Waals surface area contributed by atoms with Gasteiger partial charge in [-0.1, -0.05) is 42.5 Å². The standard InChI is InChI=1S/C26H26N2O4S/c1-28(17-8-4-3-5-9-17)33(30,31)18-14-15-23-22(16-18)19-10-6-11-20(19)25(27-23)21-12-7-13-24(32-2)26(21)29/h3-10,12-16,19-20,25,27,29H,11H2,1-2H3. The van der Waals surface area contributed by atoms with Crippen LogP contribution in [-0.4, -0.2) is 27.7 Å². The third-order valence-corrected chi connectivity index (χ3v) is 8.48. The summed E-state index contributed by atoms with van der Waals surface area (Å²) in [5.74, 6) is 0.776. The molecule has 6 nitrogen and oxygen atoms in total. The van der Waals surface area contributed by atoms with Crippen LogP contribution in [-0.2, 0) is 10.0 Å². The number of rotatable bonds is 5. The average molecular weight is 463 g/mol. The monoisotopic (exact) mass is 462 g/mol. The van der Waals surface area contributed by atoms with Gasteiger partial charge in [-0.15, -0.1) is 0 Å². The van der Waals surface area contributed by atoms with Crippen LogP contribution in [0, 0.1) is 5.92 Å². The Balaban J connectivity index is 1.54. The van der Waals surface area contributed by atoms with Gasteiger partial charge in [0.05, 0.1) is 23.7 Å². The predicted molar refractivity (Wildman–Crippen MR) is 129 cm³/mol. The topological polar surface area (TPSA) is 78.9 Å². The van der Waals surface area contributed by atoms with E-state index in [4.69, 9.17) is 4.74 Å². The fourth-order valence-corrected chi connectivity index (χ4v) is 6.16. The van der Waals surface area contributed by atoms with Crippen LogP contribution in [0.15, 0.2) is 83.8 Å². The van der Waals surface area contributed by atoms with Crippen molar-refractivity contribution in [3.8, 4) is 11.5 Å². The number of nitrogens with zero attached hydrogens (tertiary/aromatic N) is 1. The van der Waals surface area contributed by atoms with E-state index in [1.54, 1.807) is 37.4 Å². The summed E-state index contributed by atoms with van der Waals surface area (Å²) >= 11 is 0. The summed E-state index contributed by atoms with van der Waals surface area (Å²) in [5, 5.41) is 14.3. The summed E-state index contributed by atoms with van der Waals surface area (Å²) < 4.78 is 33.3. The highest BCUT2D eigenvalue weighted by atomic mass is 32.2. The molecule has 0 amide bonds. The number of benzene rings is 3. The van der Waals surface area contributed by atoms with E-state index in [1.807, 2.05) is 36.4 Å². The molecule has 1 aliphatic carbocycles. The number of phenolic OH excluding ortho intramolecular Hbond substituents is 1. The molecule has 3 aromatic carbocycles. The minimum absolute atomic E-state index is 0.0500. The third-order valence-electron chi connectivity index (χ3n) is 6.70. The fraction of sp³-hybridized carbons (Fsp3) is 0.231. The summed E-state index contributed by atoms with van der Waals surface area (Å²) in [6.07, 6.45) is 5.11. The predicted octanol–water partition coefficient (Wildman–Crippen LogP) is 5.05. The Bertz CT molecular complexity index is 1320. The van der Waals surface area contributed by atoms with Gasteiger partial charge in [0.2, 0.25) is 0 Å². The molecule has 1 heterocycles. The smallest absolute Gasteiger partial charge is 0.264 e. The van der Waals surface area contributed by atoms with Crippen LogP contribution >= 0.6 is 0 Å². The minimum atomic E-state index is -3.71. The zero-order valence-electron chi connectivity index (χ0n) is 18.5. The van der Waals surface area contributed by atoms with Gasteiger partial charge in [-0.05, 0) is 54.3 Å². The number of hydrogen-bond acceptors (Lipinski definition) is 5. The lowest BCUT2D eigenvalue weighted by atomic mass is 9.77. The summed E-state index contributed by atoms with van der Waals surface area (Å²) in [5.41, 5.74) is 3.21. The van der Waals surface area contributed by atoms with Gasteiger partial charge in [-0.2, -0.15) is 0 Å². The largest absolute Gasteiger partial charge is 0.504 e.